The lowest BCUT2D eigenvalue weighted by Crippen LogP contribution is -2.18. The van der Waals surface area contributed by atoms with Crippen LogP contribution in [-0.2, 0) is 9.59 Å². The summed E-state index contributed by atoms with van der Waals surface area (Å²) in [7, 11) is 0. The minimum absolute atomic E-state index is 0.0535. The van der Waals surface area contributed by atoms with Gasteiger partial charge in [-0.05, 0) is 25.7 Å². The number of carboxylic acid groups (broad SMARTS) is 1. The minimum atomic E-state index is -0.801. The average Bonchev–Trinajstić information content (AvgIpc) is 2.82. The Morgan fingerprint density at radius 1 is 1.28 bits per heavy atom. The van der Waals surface area contributed by atoms with E-state index in [2.05, 4.69) is 6.92 Å². The van der Waals surface area contributed by atoms with Crippen LogP contribution < -0.4 is 0 Å². The summed E-state index contributed by atoms with van der Waals surface area (Å²) in [4.78, 5) is 22.5. The SMILES string of the molecule is CCCCC[C@@H](O)/C=C/[C@@H]1[C@H](O)CC(=O)[C@H]1C/C=C\CCCC(=O)O. The first-order chi connectivity index (χ1) is 12.0. The molecule has 1 fully saturated rings. The van der Waals surface area contributed by atoms with Crippen LogP contribution in [0.4, 0.5) is 0 Å². The molecule has 142 valence electrons. The predicted molar refractivity (Wildman–Crippen MR) is 97.1 cm³/mol. The van der Waals surface area contributed by atoms with Crippen LogP contribution in [0.2, 0.25) is 0 Å². The van der Waals surface area contributed by atoms with E-state index in [1.807, 2.05) is 12.2 Å². The van der Waals surface area contributed by atoms with E-state index in [-0.39, 0.29) is 30.5 Å². The molecular formula is C20H32O5. The first-order valence-corrected chi connectivity index (χ1v) is 9.39. The normalized spacial score (nSPS) is 25.2. The quantitative estimate of drug-likeness (QED) is 0.370. The Labute approximate surface area is 150 Å². The third-order valence-electron chi connectivity index (χ3n) is 4.71. The zero-order chi connectivity index (χ0) is 18.7. The van der Waals surface area contributed by atoms with Gasteiger partial charge >= 0.3 is 5.97 Å². The summed E-state index contributed by atoms with van der Waals surface area (Å²) in [5, 5.41) is 28.7. The summed E-state index contributed by atoms with van der Waals surface area (Å²) in [5.74, 6) is -1.26. The number of hydrogen-bond donors (Lipinski definition) is 3. The average molecular weight is 352 g/mol. The van der Waals surface area contributed by atoms with Crippen LogP contribution in [-0.4, -0.2) is 39.3 Å². The molecule has 0 heterocycles. The molecule has 1 rings (SSSR count). The van der Waals surface area contributed by atoms with Gasteiger partial charge in [0, 0.05) is 24.7 Å². The Bertz CT molecular complexity index is 469. The molecule has 0 spiro atoms. The number of allylic oxidation sites excluding steroid dienone is 2. The highest BCUT2D eigenvalue weighted by Crippen LogP contribution is 2.33. The number of carboxylic acids is 1. The summed E-state index contributed by atoms with van der Waals surface area (Å²) in [6.07, 6.45) is 12.1. The molecule has 1 aliphatic carbocycles. The van der Waals surface area contributed by atoms with Crippen molar-refractivity contribution in [3.63, 3.8) is 0 Å². The van der Waals surface area contributed by atoms with Crippen molar-refractivity contribution in [3.05, 3.63) is 24.3 Å². The van der Waals surface area contributed by atoms with Gasteiger partial charge in [-0.15, -0.1) is 0 Å². The number of carbonyl (C=O) groups is 2. The standard InChI is InChI=1S/C20H32O5/c1-2-3-6-9-15(21)12-13-17-16(18(22)14-19(17)23)10-7-4-5-8-11-20(24)25/h4,7,12-13,15-17,19,21,23H,2-3,5-6,8-11,14H2,1H3,(H,24,25)/b7-4-,13-12+/t15-,16+,17+,19-/m1/s1. The molecule has 0 aromatic heterocycles. The van der Waals surface area contributed by atoms with Crippen molar-refractivity contribution in [2.24, 2.45) is 11.8 Å². The monoisotopic (exact) mass is 352 g/mol. The van der Waals surface area contributed by atoms with Gasteiger partial charge in [-0.3, -0.25) is 9.59 Å². The lowest BCUT2D eigenvalue weighted by molar-refractivity contribution is -0.137. The molecule has 0 aromatic rings. The Morgan fingerprint density at radius 3 is 2.72 bits per heavy atom. The van der Waals surface area contributed by atoms with Gasteiger partial charge in [0.05, 0.1) is 12.2 Å². The molecule has 5 nitrogen and oxygen atoms in total. The molecule has 1 saturated carbocycles. The van der Waals surface area contributed by atoms with Crippen molar-refractivity contribution in [1.29, 1.82) is 0 Å². The van der Waals surface area contributed by atoms with Gasteiger partial charge < -0.3 is 15.3 Å². The molecule has 3 N–H and O–H groups in total. The highest BCUT2D eigenvalue weighted by atomic mass is 16.4. The first-order valence-electron chi connectivity index (χ1n) is 9.39. The van der Waals surface area contributed by atoms with Crippen molar-refractivity contribution >= 4 is 11.8 Å². The number of aliphatic hydroxyl groups excluding tert-OH is 2. The fourth-order valence-electron chi connectivity index (χ4n) is 3.22. The Morgan fingerprint density at radius 2 is 2.04 bits per heavy atom. The third-order valence-corrected chi connectivity index (χ3v) is 4.71. The minimum Gasteiger partial charge on any atom is -0.481 e. The lowest BCUT2D eigenvalue weighted by atomic mass is 9.90. The second-order valence-corrected chi connectivity index (χ2v) is 6.86. The number of rotatable bonds is 12. The zero-order valence-electron chi connectivity index (χ0n) is 15.1. The summed E-state index contributed by atoms with van der Waals surface area (Å²) < 4.78 is 0. The van der Waals surface area contributed by atoms with Gasteiger partial charge in [0.25, 0.3) is 0 Å². The molecule has 4 atom stereocenters. The van der Waals surface area contributed by atoms with Crippen LogP contribution >= 0.6 is 0 Å². The number of hydrogen-bond acceptors (Lipinski definition) is 4. The summed E-state index contributed by atoms with van der Waals surface area (Å²) in [5.41, 5.74) is 0. The van der Waals surface area contributed by atoms with Crippen molar-refractivity contribution < 1.29 is 24.9 Å². The van der Waals surface area contributed by atoms with Gasteiger partial charge in [-0.2, -0.15) is 0 Å². The Balaban J connectivity index is 2.48. The molecule has 25 heavy (non-hydrogen) atoms. The van der Waals surface area contributed by atoms with Crippen molar-refractivity contribution in [2.75, 3.05) is 0 Å². The van der Waals surface area contributed by atoms with E-state index in [4.69, 9.17) is 5.11 Å². The number of aliphatic carboxylic acids is 1. The van der Waals surface area contributed by atoms with Crippen LogP contribution in [0.15, 0.2) is 24.3 Å². The van der Waals surface area contributed by atoms with Crippen LogP contribution in [0, 0.1) is 11.8 Å². The summed E-state index contributed by atoms with van der Waals surface area (Å²) >= 11 is 0. The van der Waals surface area contributed by atoms with Crippen LogP contribution in [0.1, 0.15) is 64.7 Å². The highest BCUT2D eigenvalue weighted by Gasteiger charge is 2.39. The van der Waals surface area contributed by atoms with Crippen molar-refractivity contribution in [3.8, 4) is 0 Å². The van der Waals surface area contributed by atoms with Gasteiger partial charge in [-0.25, -0.2) is 0 Å². The van der Waals surface area contributed by atoms with E-state index in [0.29, 0.717) is 25.7 Å². The van der Waals surface area contributed by atoms with Crippen LogP contribution in [0.3, 0.4) is 0 Å². The number of Topliss-reactive ketones (excluding diaryl/α,β-unsaturated/α-hetero) is 1. The summed E-state index contributed by atoms with van der Waals surface area (Å²) in [6.45, 7) is 2.11. The third kappa shape index (κ3) is 8.45. The lowest BCUT2D eigenvalue weighted by Gasteiger charge is -2.16. The van der Waals surface area contributed by atoms with Gasteiger partial charge in [0.1, 0.15) is 5.78 Å². The zero-order valence-corrected chi connectivity index (χ0v) is 15.1. The maximum absolute atomic E-state index is 12.1. The molecule has 0 amide bonds. The Kier molecular flexibility index (Phi) is 10.3. The maximum atomic E-state index is 12.1. The molecule has 0 bridgehead atoms. The van der Waals surface area contributed by atoms with E-state index in [1.165, 1.54) is 0 Å². The van der Waals surface area contributed by atoms with E-state index >= 15 is 0 Å². The second-order valence-electron chi connectivity index (χ2n) is 6.86. The molecule has 1 aliphatic rings. The van der Waals surface area contributed by atoms with E-state index < -0.39 is 18.2 Å². The molecule has 0 aromatic carbocycles. The molecule has 0 unspecified atom stereocenters. The van der Waals surface area contributed by atoms with Gasteiger partial charge in [0.15, 0.2) is 0 Å². The molecule has 5 heteroatoms. The van der Waals surface area contributed by atoms with Crippen molar-refractivity contribution in [2.45, 2.75) is 76.9 Å². The van der Waals surface area contributed by atoms with E-state index in [1.54, 1.807) is 12.2 Å². The molecular weight excluding hydrogens is 320 g/mol. The maximum Gasteiger partial charge on any atom is 0.303 e. The molecule has 0 saturated heterocycles. The predicted octanol–water partition coefficient (Wildman–Crippen LogP) is 3.25. The number of ketones is 1. The fourth-order valence-corrected chi connectivity index (χ4v) is 3.22. The topological polar surface area (TPSA) is 94.8 Å². The highest BCUT2D eigenvalue weighted by molar-refractivity contribution is 5.84. The molecule has 0 radical (unpaired) electrons. The van der Waals surface area contributed by atoms with E-state index in [9.17, 15) is 19.8 Å². The largest absolute Gasteiger partial charge is 0.481 e. The van der Waals surface area contributed by atoms with Crippen molar-refractivity contribution in [1.82, 2.24) is 0 Å². The van der Waals surface area contributed by atoms with Gasteiger partial charge in [0.2, 0.25) is 0 Å². The fraction of sp³-hybridized carbons (Fsp3) is 0.700. The van der Waals surface area contributed by atoms with Gasteiger partial charge in [-0.1, -0.05) is 50.5 Å². The first kappa shape index (κ1) is 21.6. The number of aliphatic hydroxyl groups is 2. The second kappa shape index (κ2) is 12.0. The number of carbonyl (C=O) groups excluding carboxylic acids is 1. The van der Waals surface area contributed by atoms with E-state index in [0.717, 1.165) is 19.3 Å². The summed E-state index contributed by atoms with van der Waals surface area (Å²) in [6, 6.07) is 0. The molecule has 0 aliphatic heterocycles. The van der Waals surface area contributed by atoms with Crippen LogP contribution in [0.25, 0.3) is 0 Å². The van der Waals surface area contributed by atoms with Crippen LogP contribution in [0.5, 0.6) is 0 Å². The Hall–Kier alpha value is -1.46. The smallest absolute Gasteiger partial charge is 0.303 e. The number of unbranched alkanes of at least 4 members (excludes halogenated alkanes) is 3.